The normalized spacial score (nSPS) is 12.3. The fourth-order valence-electron chi connectivity index (χ4n) is 1.69. The summed E-state index contributed by atoms with van der Waals surface area (Å²) in [5.74, 6) is -0.546. The molecule has 1 atom stereocenters. The molecule has 0 aliphatic rings. The Morgan fingerprint density at radius 3 is 2.65 bits per heavy atom. The average Bonchev–Trinajstić information content (AvgIpc) is 2.57. The Morgan fingerprint density at radius 2 is 2.00 bits per heavy atom. The molecule has 1 rings (SSSR count). The highest BCUT2D eigenvalue weighted by molar-refractivity contribution is 6.00. The number of amides is 1. The summed E-state index contributed by atoms with van der Waals surface area (Å²) in [6, 6.07) is 7.29. The maximum absolute atomic E-state index is 11.8. The first kappa shape index (κ1) is 18.5. The number of hydrogen-bond donors (Lipinski definition) is 2. The van der Waals surface area contributed by atoms with E-state index in [1.54, 1.807) is 33.9 Å². The molecule has 0 fully saturated rings. The molecule has 0 aliphatic heterocycles. The first-order valence-corrected chi connectivity index (χ1v) is 7.36. The summed E-state index contributed by atoms with van der Waals surface area (Å²) in [6.45, 7) is 5.42. The minimum atomic E-state index is -0.502. The molecule has 0 saturated carbocycles. The number of hydrazone groups is 1. The van der Waals surface area contributed by atoms with Crippen molar-refractivity contribution in [1.29, 1.82) is 0 Å². The molecule has 0 unspecified atom stereocenters. The molecule has 0 aliphatic carbocycles. The third-order valence-corrected chi connectivity index (χ3v) is 3.17. The van der Waals surface area contributed by atoms with E-state index >= 15 is 0 Å². The molecule has 0 saturated heterocycles. The highest BCUT2D eigenvalue weighted by Gasteiger charge is 2.17. The molecule has 2 N–H and O–H groups in total. The quantitative estimate of drug-likeness (QED) is 0.433. The standard InChI is InChI=1S/C16H23N3O4/c1-5-23-16(21)11(2)12(3)18-19-15(20)10-17-13-8-6-7-9-14(13)22-4/h6-9,11,17H,5,10H2,1-4H3,(H,19,20)/b18-12+/t11-/m1/s1. The molecule has 0 heterocycles. The first-order valence-electron chi connectivity index (χ1n) is 7.36. The van der Waals surface area contributed by atoms with Gasteiger partial charge in [-0.2, -0.15) is 5.10 Å². The second kappa shape index (κ2) is 9.45. The predicted octanol–water partition coefficient (Wildman–Crippen LogP) is 1.80. The van der Waals surface area contributed by atoms with E-state index in [1.807, 2.05) is 18.2 Å². The summed E-state index contributed by atoms with van der Waals surface area (Å²) in [6.07, 6.45) is 0. The van der Waals surface area contributed by atoms with Crippen LogP contribution >= 0.6 is 0 Å². The zero-order valence-electron chi connectivity index (χ0n) is 13.9. The van der Waals surface area contributed by atoms with Gasteiger partial charge in [0.05, 0.1) is 31.9 Å². The van der Waals surface area contributed by atoms with E-state index in [1.165, 1.54) is 0 Å². The fourth-order valence-corrected chi connectivity index (χ4v) is 1.69. The van der Waals surface area contributed by atoms with Gasteiger partial charge in [-0.05, 0) is 32.9 Å². The molecular weight excluding hydrogens is 298 g/mol. The van der Waals surface area contributed by atoms with E-state index in [4.69, 9.17) is 9.47 Å². The number of para-hydroxylation sites is 2. The van der Waals surface area contributed by atoms with Gasteiger partial charge >= 0.3 is 5.97 Å². The second-order valence-corrected chi connectivity index (χ2v) is 4.82. The Hall–Kier alpha value is -2.57. The molecule has 1 aromatic carbocycles. The van der Waals surface area contributed by atoms with Gasteiger partial charge in [0.15, 0.2) is 0 Å². The lowest BCUT2D eigenvalue weighted by Gasteiger charge is -2.11. The van der Waals surface area contributed by atoms with Crippen molar-refractivity contribution in [3.63, 3.8) is 0 Å². The molecule has 1 aromatic rings. The number of anilines is 1. The zero-order valence-corrected chi connectivity index (χ0v) is 13.9. The molecular formula is C16H23N3O4. The van der Waals surface area contributed by atoms with Crippen LogP contribution in [0.3, 0.4) is 0 Å². The SMILES string of the molecule is CCOC(=O)[C@H](C)/C(C)=N/NC(=O)CNc1ccccc1OC. The Bertz CT molecular complexity index is 572. The number of benzene rings is 1. The molecule has 0 aromatic heterocycles. The van der Waals surface area contributed by atoms with Gasteiger partial charge in [0.25, 0.3) is 5.91 Å². The van der Waals surface area contributed by atoms with Crippen molar-refractivity contribution in [2.75, 3.05) is 25.6 Å². The van der Waals surface area contributed by atoms with E-state index in [9.17, 15) is 9.59 Å². The smallest absolute Gasteiger partial charge is 0.314 e. The van der Waals surface area contributed by atoms with E-state index in [2.05, 4.69) is 15.8 Å². The number of rotatable bonds is 8. The van der Waals surface area contributed by atoms with Gasteiger partial charge in [-0.3, -0.25) is 9.59 Å². The van der Waals surface area contributed by atoms with Crippen molar-refractivity contribution in [1.82, 2.24) is 5.43 Å². The second-order valence-electron chi connectivity index (χ2n) is 4.82. The number of carbonyl (C=O) groups is 2. The average molecular weight is 321 g/mol. The van der Waals surface area contributed by atoms with Gasteiger partial charge in [0.2, 0.25) is 0 Å². The maximum atomic E-state index is 11.8. The van der Waals surface area contributed by atoms with Crippen LogP contribution in [0, 0.1) is 5.92 Å². The Morgan fingerprint density at radius 1 is 1.30 bits per heavy atom. The maximum Gasteiger partial charge on any atom is 0.314 e. The van der Waals surface area contributed by atoms with Gasteiger partial charge in [-0.15, -0.1) is 0 Å². The highest BCUT2D eigenvalue weighted by atomic mass is 16.5. The Labute approximate surface area is 136 Å². The van der Waals surface area contributed by atoms with Gasteiger partial charge in [-0.25, -0.2) is 5.43 Å². The summed E-state index contributed by atoms with van der Waals surface area (Å²) >= 11 is 0. The van der Waals surface area contributed by atoms with Crippen molar-refractivity contribution in [2.45, 2.75) is 20.8 Å². The van der Waals surface area contributed by atoms with Crippen LogP contribution in [0.1, 0.15) is 20.8 Å². The van der Waals surface area contributed by atoms with Crippen molar-refractivity contribution < 1.29 is 19.1 Å². The summed E-state index contributed by atoms with van der Waals surface area (Å²) in [7, 11) is 1.56. The van der Waals surface area contributed by atoms with E-state index in [0.717, 1.165) is 0 Å². The lowest BCUT2D eigenvalue weighted by molar-refractivity contribution is -0.145. The largest absolute Gasteiger partial charge is 0.495 e. The van der Waals surface area contributed by atoms with E-state index < -0.39 is 5.92 Å². The van der Waals surface area contributed by atoms with Crippen LogP contribution in [-0.2, 0) is 14.3 Å². The van der Waals surface area contributed by atoms with Crippen LogP contribution in [0.5, 0.6) is 5.75 Å². The third kappa shape index (κ3) is 5.98. The molecule has 7 nitrogen and oxygen atoms in total. The Kier molecular flexibility index (Phi) is 7.59. The minimum Gasteiger partial charge on any atom is -0.495 e. The van der Waals surface area contributed by atoms with Crippen LogP contribution in [0.2, 0.25) is 0 Å². The molecule has 23 heavy (non-hydrogen) atoms. The van der Waals surface area contributed by atoms with Crippen LogP contribution in [0.4, 0.5) is 5.69 Å². The molecule has 0 radical (unpaired) electrons. The number of hydrogen-bond acceptors (Lipinski definition) is 6. The first-order chi connectivity index (χ1) is 11.0. The van der Waals surface area contributed by atoms with Gasteiger partial charge in [0.1, 0.15) is 5.75 Å². The van der Waals surface area contributed by atoms with Gasteiger partial charge in [0, 0.05) is 5.71 Å². The lowest BCUT2D eigenvalue weighted by atomic mass is 10.1. The van der Waals surface area contributed by atoms with Crippen molar-refractivity contribution >= 4 is 23.3 Å². The Balaban J connectivity index is 2.50. The van der Waals surface area contributed by atoms with Crippen LogP contribution in [0.25, 0.3) is 0 Å². The fraction of sp³-hybridized carbons (Fsp3) is 0.438. The minimum absolute atomic E-state index is 0.0327. The van der Waals surface area contributed by atoms with E-state index in [-0.39, 0.29) is 18.4 Å². The number of ether oxygens (including phenoxy) is 2. The van der Waals surface area contributed by atoms with Gasteiger partial charge in [-0.1, -0.05) is 12.1 Å². The number of carbonyl (C=O) groups excluding carboxylic acids is 2. The summed E-state index contributed by atoms with van der Waals surface area (Å²) in [4.78, 5) is 23.4. The number of methoxy groups -OCH3 is 1. The number of nitrogens with zero attached hydrogens (tertiary/aromatic N) is 1. The molecule has 7 heteroatoms. The van der Waals surface area contributed by atoms with Crippen molar-refractivity contribution in [3.8, 4) is 5.75 Å². The topological polar surface area (TPSA) is 89.0 Å². The molecule has 0 spiro atoms. The van der Waals surface area contributed by atoms with Crippen LogP contribution < -0.4 is 15.5 Å². The molecule has 1 amide bonds. The third-order valence-electron chi connectivity index (χ3n) is 3.17. The molecule has 0 bridgehead atoms. The predicted molar refractivity (Wildman–Crippen MR) is 88.5 cm³/mol. The lowest BCUT2D eigenvalue weighted by Crippen LogP contribution is -2.29. The monoisotopic (exact) mass is 321 g/mol. The summed E-state index contributed by atoms with van der Waals surface area (Å²) in [5, 5.41) is 6.89. The zero-order chi connectivity index (χ0) is 17.2. The van der Waals surface area contributed by atoms with Crippen molar-refractivity contribution in [3.05, 3.63) is 24.3 Å². The summed E-state index contributed by atoms with van der Waals surface area (Å²) in [5.41, 5.74) is 3.60. The van der Waals surface area contributed by atoms with Crippen LogP contribution in [-0.4, -0.2) is 37.8 Å². The van der Waals surface area contributed by atoms with Crippen molar-refractivity contribution in [2.24, 2.45) is 11.0 Å². The van der Waals surface area contributed by atoms with Gasteiger partial charge < -0.3 is 14.8 Å². The van der Waals surface area contributed by atoms with E-state index in [0.29, 0.717) is 23.8 Å². The van der Waals surface area contributed by atoms with Crippen LogP contribution in [0.15, 0.2) is 29.4 Å². The highest BCUT2D eigenvalue weighted by Crippen LogP contribution is 2.22. The number of esters is 1. The number of nitrogens with one attached hydrogen (secondary N) is 2. The molecule has 126 valence electrons. The summed E-state index contributed by atoms with van der Waals surface area (Å²) < 4.78 is 10.1.